The van der Waals surface area contributed by atoms with Gasteiger partial charge in [0.2, 0.25) is 0 Å². The topological polar surface area (TPSA) is 138 Å². The first-order valence-corrected chi connectivity index (χ1v) is 10.8. The molecular formula is C25H26N2O8. The average Bonchev–Trinajstić information content (AvgIpc) is 2.85. The molecule has 184 valence electrons. The van der Waals surface area contributed by atoms with Crippen molar-refractivity contribution in [2.45, 2.75) is 26.4 Å². The Bertz CT molecular complexity index is 1170. The van der Waals surface area contributed by atoms with E-state index in [2.05, 4.69) is 4.99 Å². The van der Waals surface area contributed by atoms with E-state index in [9.17, 15) is 19.7 Å². The van der Waals surface area contributed by atoms with E-state index >= 15 is 0 Å². The fraction of sp³-hybridized carbons (Fsp3) is 0.320. The van der Waals surface area contributed by atoms with Gasteiger partial charge in [-0.05, 0) is 37.1 Å². The summed E-state index contributed by atoms with van der Waals surface area (Å²) in [6.45, 7) is 3.29. The number of non-ortho nitro benzene ring substituents is 1. The lowest BCUT2D eigenvalue weighted by molar-refractivity contribution is -0.384. The maximum absolute atomic E-state index is 13.3. The van der Waals surface area contributed by atoms with E-state index in [0.29, 0.717) is 28.3 Å². The SMILES string of the molecule is COC(=O)C1C(C)=NC(C)=C(C(=O)OCc2ccc(OCCO)cc2)C1c1cccc([N+](=O)[O-])c1. The maximum atomic E-state index is 13.3. The standard InChI is InChI=1S/C25H26N2O8/c1-15-21(24(29)33-3)23(18-5-4-6-19(13-18)27(31)32)22(16(2)26-15)25(30)35-14-17-7-9-20(10-8-17)34-12-11-28/h4-10,13,21,23,28H,11-12,14H2,1-3H3. The summed E-state index contributed by atoms with van der Waals surface area (Å²) in [5, 5.41) is 20.2. The smallest absolute Gasteiger partial charge is 0.336 e. The number of esters is 2. The minimum absolute atomic E-state index is 0.0524. The maximum Gasteiger partial charge on any atom is 0.336 e. The summed E-state index contributed by atoms with van der Waals surface area (Å²) in [6.07, 6.45) is 0. The van der Waals surface area contributed by atoms with Crippen molar-refractivity contribution < 1.29 is 33.8 Å². The number of carbonyl (C=O) groups excluding carboxylic acids is 2. The molecule has 0 saturated carbocycles. The molecule has 10 heteroatoms. The molecule has 2 aromatic rings. The number of nitro benzene ring substituents is 1. The summed E-state index contributed by atoms with van der Waals surface area (Å²) in [4.78, 5) is 41.2. The number of hydrogen-bond acceptors (Lipinski definition) is 9. The zero-order valence-electron chi connectivity index (χ0n) is 19.6. The van der Waals surface area contributed by atoms with Crippen LogP contribution in [-0.4, -0.2) is 48.0 Å². The lowest BCUT2D eigenvalue weighted by Gasteiger charge is -2.31. The number of aliphatic hydroxyl groups excluding tert-OH is 1. The molecule has 0 aromatic heterocycles. The third-order valence-corrected chi connectivity index (χ3v) is 5.60. The Labute approximate surface area is 202 Å². The molecule has 0 amide bonds. The molecule has 0 fully saturated rings. The van der Waals surface area contributed by atoms with Gasteiger partial charge in [0.15, 0.2) is 0 Å². The van der Waals surface area contributed by atoms with E-state index in [-0.39, 0.29) is 31.1 Å². The molecule has 0 radical (unpaired) electrons. The minimum Gasteiger partial charge on any atom is -0.491 e. The van der Waals surface area contributed by atoms with Gasteiger partial charge in [0.05, 0.1) is 24.2 Å². The Kier molecular flexibility index (Phi) is 8.32. The van der Waals surface area contributed by atoms with Crippen LogP contribution in [0.25, 0.3) is 0 Å². The molecule has 0 aliphatic carbocycles. The third kappa shape index (κ3) is 5.90. The molecule has 2 unspecified atom stereocenters. The van der Waals surface area contributed by atoms with Gasteiger partial charge in [-0.15, -0.1) is 0 Å². The molecule has 0 spiro atoms. The summed E-state index contributed by atoms with van der Waals surface area (Å²) in [7, 11) is 1.23. The minimum atomic E-state index is -0.948. The van der Waals surface area contributed by atoms with Crippen molar-refractivity contribution in [2.75, 3.05) is 20.3 Å². The van der Waals surface area contributed by atoms with Gasteiger partial charge in [-0.1, -0.05) is 24.3 Å². The molecule has 2 aromatic carbocycles. The summed E-state index contributed by atoms with van der Waals surface area (Å²) < 4.78 is 15.8. The monoisotopic (exact) mass is 482 g/mol. The third-order valence-electron chi connectivity index (χ3n) is 5.60. The summed E-state index contributed by atoms with van der Waals surface area (Å²) in [5.74, 6) is -2.56. The lowest BCUT2D eigenvalue weighted by atomic mass is 9.75. The average molecular weight is 482 g/mol. The number of aliphatic imine (C=N–C) groups is 1. The lowest BCUT2D eigenvalue weighted by Crippen LogP contribution is -2.36. The largest absolute Gasteiger partial charge is 0.491 e. The van der Waals surface area contributed by atoms with Crippen molar-refractivity contribution in [3.63, 3.8) is 0 Å². The van der Waals surface area contributed by atoms with Crippen molar-refractivity contribution in [1.29, 1.82) is 0 Å². The van der Waals surface area contributed by atoms with Crippen LogP contribution < -0.4 is 4.74 Å². The number of rotatable bonds is 9. The number of aliphatic hydroxyl groups is 1. The molecule has 1 aliphatic rings. The fourth-order valence-corrected chi connectivity index (χ4v) is 4.00. The van der Waals surface area contributed by atoms with Crippen LogP contribution in [0.4, 0.5) is 5.69 Å². The van der Waals surface area contributed by atoms with Gasteiger partial charge in [-0.3, -0.25) is 19.9 Å². The number of ether oxygens (including phenoxy) is 3. The van der Waals surface area contributed by atoms with E-state index in [1.54, 1.807) is 44.2 Å². The summed E-state index contributed by atoms with van der Waals surface area (Å²) in [5.41, 5.74) is 1.85. The Balaban J connectivity index is 1.92. The van der Waals surface area contributed by atoms with Crippen molar-refractivity contribution >= 4 is 23.3 Å². The van der Waals surface area contributed by atoms with Gasteiger partial charge in [-0.25, -0.2) is 4.79 Å². The van der Waals surface area contributed by atoms with Crippen LogP contribution in [0.2, 0.25) is 0 Å². The first-order valence-electron chi connectivity index (χ1n) is 10.8. The van der Waals surface area contributed by atoms with Crippen LogP contribution in [0.3, 0.4) is 0 Å². The molecule has 2 atom stereocenters. The quantitative estimate of drug-likeness (QED) is 0.326. The van der Waals surface area contributed by atoms with Crippen molar-refractivity contribution in [1.82, 2.24) is 0 Å². The summed E-state index contributed by atoms with van der Waals surface area (Å²) >= 11 is 0. The van der Waals surface area contributed by atoms with Gasteiger partial charge < -0.3 is 19.3 Å². The number of nitrogens with zero attached hydrogens (tertiary/aromatic N) is 2. The first kappa shape index (κ1) is 25.6. The second-order valence-corrected chi connectivity index (χ2v) is 7.88. The van der Waals surface area contributed by atoms with Gasteiger partial charge in [0.25, 0.3) is 5.69 Å². The van der Waals surface area contributed by atoms with Gasteiger partial charge in [-0.2, -0.15) is 0 Å². The number of hydrogen-bond donors (Lipinski definition) is 1. The predicted molar refractivity (Wildman–Crippen MR) is 126 cm³/mol. The van der Waals surface area contributed by atoms with E-state index < -0.39 is 28.7 Å². The number of benzene rings is 2. The summed E-state index contributed by atoms with van der Waals surface area (Å²) in [6, 6.07) is 12.6. The Morgan fingerprint density at radius 2 is 1.86 bits per heavy atom. The fourth-order valence-electron chi connectivity index (χ4n) is 4.00. The Morgan fingerprint density at radius 1 is 1.14 bits per heavy atom. The number of carbonyl (C=O) groups is 2. The second-order valence-electron chi connectivity index (χ2n) is 7.88. The molecule has 1 N–H and O–H groups in total. The van der Waals surface area contributed by atoms with Crippen LogP contribution in [0, 0.1) is 16.0 Å². The second kappa shape index (κ2) is 11.4. The van der Waals surface area contributed by atoms with Crippen LogP contribution >= 0.6 is 0 Å². The predicted octanol–water partition coefficient (Wildman–Crippen LogP) is 3.33. The van der Waals surface area contributed by atoms with E-state index in [4.69, 9.17) is 19.3 Å². The Hall–Kier alpha value is -4.05. The van der Waals surface area contributed by atoms with Crippen LogP contribution in [0.1, 0.15) is 30.9 Å². The van der Waals surface area contributed by atoms with Crippen molar-refractivity contribution in [3.05, 3.63) is 81.0 Å². The molecule has 0 bridgehead atoms. The molecule has 3 rings (SSSR count). The molecular weight excluding hydrogens is 456 g/mol. The van der Waals surface area contributed by atoms with Crippen molar-refractivity contribution in [2.24, 2.45) is 10.9 Å². The van der Waals surface area contributed by atoms with Crippen LogP contribution in [-0.2, 0) is 25.7 Å². The highest BCUT2D eigenvalue weighted by atomic mass is 16.6. The van der Waals surface area contributed by atoms with Crippen LogP contribution in [0.15, 0.2) is 64.8 Å². The zero-order valence-corrected chi connectivity index (χ0v) is 19.6. The van der Waals surface area contributed by atoms with Gasteiger partial charge in [0, 0.05) is 29.5 Å². The number of allylic oxidation sites excluding steroid dienone is 1. The Morgan fingerprint density at radius 3 is 2.49 bits per heavy atom. The molecule has 1 heterocycles. The normalized spacial score (nSPS) is 17.4. The van der Waals surface area contributed by atoms with E-state index in [1.807, 2.05) is 0 Å². The number of methoxy groups -OCH3 is 1. The van der Waals surface area contributed by atoms with Gasteiger partial charge in [0.1, 0.15) is 24.9 Å². The van der Waals surface area contributed by atoms with E-state index in [0.717, 1.165) is 0 Å². The highest BCUT2D eigenvalue weighted by molar-refractivity contribution is 6.07. The van der Waals surface area contributed by atoms with Gasteiger partial charge >= 0.3 is 11.9 Å². The van der Waals surface area contributed by atoms with Crippen molar-refractivity contribution in [3.8, 4) is 5.75 Å². The van der Waals surface area contributed by atoms with E-state index in [1.165, 1.54) is 25.3 Å². The molecule has 35 heavy (non-hydrogen) atoms. The first-order chi connectivity index (χ1) is 16.8. The zero-order chi connectivity index (χ0) is 25.5. The number of nitro groups is 1. The molecule has 1 aliphatic heterocycles. The molecule has 0 saturated heterocycles. The molecule has 10 nitrogen and oxygen atoms in total. The van der Waals surface area contributed by atoms with Crippen LogP contribution in [0.5, 0.6) is 5.75 Å². The highest BCUT2D eigenvalue weighted by Gasteiger charge is 2.42. The highest BCUT2D eigenvalue weighted by Crippen LogP contribution is 2.41.